The highest BCUT2D eigenvalue weighted by Crippen LogP contribution is 2.26. The minimum Gasteiger partial charge on any atom is -0.507 e. The van der Waals surface area contributed by atoms with E-state index in [1.807, 2.05) is 6.92 Å². The highest BCUT2D eigenvalue weighted by molar-refractivity contribution is 5.95. The Bertz CT molecular complexity index is 475. The van der Waals surface area contributed by atoms with Crippen LogP contribution in [0.2, 0.25) is 0 Å². The molecule has 6 heteroatoms. The zero-order valence-corrected chi connectivity index (χ0v) is 11.6. The van der Waals surface area contributed by atoms with Crippen LogP contribution in [0, 0.1) is 6.92 Å². The average Bonchev–Trinajstić information content (AvgIpc) is 2.33. The molecule has 1 amide bonds. The van der Waals surface area contributed by atoms with Crippen LogP contribution < -0.4 is 5.32 Å². The molecule has 3 N–H and O–H groups in total. The number of phenols is 1. The summed E-state index contributed by atoms with van der Waals surface area (Å²) in [5, 5.41) is 21.2. The summed E-state index contributed by atoms with van der Waals surface area (Å²) in [5.74, 6) is -1.82. The van der Waals surface area contributed by atoms with Gasteiger partial charge in [0.15, 0.2) is 0 Å². The molecule has 0 heterocycles. The van der Waals surface area contributed by atoms with Crippen molar-refractivity contribution in [3.63, 3.8) is 0 Å². The highest BCUT2D eigenvalue weighted by atomic mass is 16.5. The third-order valence-electron chi connectivity index (χ3n) is 2.63. The molecule has 0 fully saturated rings. The summed E-state index contributed by atoms with van der Waals surface area (Å²) in [7, 11) is 0. The number of benzene rings is 1. The molecule has 0 saturated carbocycles. The second kappa shape index (κ2) is 7.49. The maximum Gasteiger partial charge on any atom is 0.339 e. The van der Waals surface area contributed by atoms with Crippen molar-refractivity contribution in [3.8, 4) is 5.75 Å². The Labute approximate surface area is 117 Å². The number of nitrogens with one attached hydrogen (secondary N) is 1. The number of carboxylic acid groups (broad SMARTS) is 1. The maximum absolute atomic E-state index is 11.6. The Morgan fingerprint density at radius 1 is 1.30 bits per heavy atom. The molecule has 0 aliphatic heterocycles. The van der Waals surface area contributed by atoms with Crippen LogP contribution in [0.25, 0.3) is 0 Å². The number of carboxylic acids is 1. The molecule has 6 nitrogen and oxygen atoms in total. The van der Waals surface area contributed by atoms with E-state index in [0.717, 1.165) is 6.42 Å². The van der Waals surface area contributed by atoms with Gasteiger partial charge in [0.05, 0.1) is 13.0 Å². The van der Waals surface area contributed by atoms with Crippen molar-refractivity contribution in [1.82, 2.24) is 0 Å². The third kappa shape index (κ3) is 4.55. The normalized spacial score (nSPS) is 10.3. The van der Waals surface area contributed by atoms with Crippen molar-refractivity contribution >= 4 is 17.6 Å². The van der Waals surface area contributed by atoms with E-state index in [2.05, 4.69) is 5.32 Å². The van der Waals surface area contributed by atoms with E-state index in [-0.39, 0.29) is 23.6 Å². The number of carbonyl (C=O) groups is 2. The summed E-state index contributed by atoms with van der Waals surface area (Å²) in [4.78, 5) is 22.5. The van der Waals surface area contributed by atoms with E-state index in [1.54, 1.807) is 6.92 Å². The molecule has 0 bridgehead atoms. The molecule has 0 aromatic heterocycles. The molecule has 0 unspecified atom stereocenters. The van der Waals surface area contributed by atoms with Gasteiger partial charge < -0.3 is 20.3 Å². The smallest absolute Gasteiger partial charge is 0.339 e. The predicted octanol–water partition coefficient (Wildman–Crippen LogP) is 2.15. The van der Waals surface area contributed by atoms with Crippen molar-refractivity contribution in [2.75, 3.05) is 18.5 Å². The van der Waals surface area contributed by atoms with Gasteiger partial charge in [-0.2, -0.15) is 0 Å². The molecular weight excluding hydrogens is 262 g/mol. The summed E-state index contributed by atoms with van der Waals surface area (Å²) in [5.41, 5.74) is 0.592. The lowest BCUT2D eigenvalue weighted by atomic mass is 10.1. The Balaban J connectivity index is 2.65. The van der Waals surface area contributed by atoms with Gasteiger partial charge in [0, 0.05) is 18.4 Å². The van der Waals surface area contributed by atoms with Crippen LogP contribution in [-0.4, -0.2) is 35.3 Å². The predicted molar refractivity (Wildman–Crippen MR) is 74.2 cm³/mol. The molecule has 20 heavy (non-hydrogen) atoms. The first-order chi connectivity index (χ1) is 9.45. The lowest BCUT2D eigenvalue weighted by molar-refractivity contribution is -0.117. The third-order valence-corrected chi connectivity index (χ3v) is 2.63. The highest BCUT2D eigenvalue weighted by Gasteiger charge is 2.15. The second-order valence-corrected chi connectivity index (χ2v) is 4.40. The lowest BCUT2D eigenvalue weighted by Gasteiger charge is -2.10. The van der Waals surface area contributed by atoms with Crippen molar-refractivity contribution in [2.45, 2.75) is 26.7 Å². The van der Waals surface area contributed by atoms with Crippen molar-refractivity contribution in [1.29, 1.82) is 0 Å². The number of hydrogen-bond acceptors (Lipinski definition) is 4. The summed E-state index contributed by atoms with van der Waals surface area (Å²) in [6, 6.07) is 2.73. The molecule has 1 aromatic rings. The molecule has 1 aromatic carbocycles. The van der Waals surface area contributed by atoms with Crippen LogP contribution in [-0.2, 0) is 9.53 Å². The fourth-order valence-electron chi connectivity index (χ4n) is 1.75. The number of amides is 1. The van der Waals surface area contributed by atoms with Crippen molar-refractivity contribution < 1.29 is 24.5 Å². The van der Waals surface area contributed by atoms with E-state index in [9.17, 15) is 14.7 Å². The van der Waals surface area contributed by atoms with E-state index in [1.165, 1.54) is 12.1 Å². The van der Waals surface area contributed by atoms with Gasteiger partial charge in [-0.3, -0.25) is 4.79 Å². The number of aromatic carboxylic acids is 1. The number of aryl methyl sites for hydroxylation is 1. The van der Waals surface area contributed by atoms with Crippen LogP contribution in [0.15, 0.2) is 12.1 Å². The van der Waals surface area contributed by atoms with Crippen molar-refractivity contribution in [3.05, 3.63) is 23.3 Å². The largest absolute Gasteiger partial charge is 0.507 e. The first-order valence-electron chi connectivity index (χ1n) is 6.40. The van der Waals surface area contributed by atoms with Gasteiger partial charge in [0.2, 0.25) is 5.91 Å². The van der Waals surface area contributed by atoms with Crippen LogP contribution >= 0.6 is 0 Å². The summed E-state index contributed by atoms with van der Waals surface area (Å²) in [6.07, 6.45) is 1.10. The van der Waals surface area contributed by atoms with Gasteiger partial charge in [-0.1, -0.05) is 6.92 Å². The van der Waals surface area contributed by atoms with Crippen LogP contribution in [0.4, 0.5) is 5.69 Å². The zero-order chi connectivity index (χ0) is 15.1. The molecule has 0 aliphatic rings. The Morgan fingerprint density at radius 2 is 2.00 bits per heavy atom. The van der Waals surface area contributed by atoms with E-state index < -0.39 is 5.97 Å². The number of anilines is 1. The fourth-order valence-corrected chi connectivity index (χ4v) is 1.75. The van der Waals surface area contributed by atoms with Crippen molar-refractivity contribution in [2.24, 2.45) is 0 Å². The summed E-state index contributed by atoms with van der Waals surface area (Å²) >= 11 is 0. The number of hydrogen-bond donors (Lipinski definition) is 3. The second-order valence-electron chi connectivity index (χ2n) is 4.40. The molecule has 0 atom stereocenters. The summed E-state index contributed by atoms with van der Waals surface area (Å²) in [6.45, 7) is 4.48. The number of ether oxygens (including phenoxy) is 1. The quantitative estimate of drug-likeness (QED) is 0.665. The summed E-state index contributed by atoms with van der Waals surface area (Å²) < 4.78 is 5.20. The monoisotopic (exact) mass is 281 g/mol. The molecule has 1 rings (SSSR count). The van der Waals surface area contributed by atoms with Crippen LogP contribution in [0.1, 0.15) is 35.7 Å². The van der Waals surface area contributed by atoms with Gasteiger partial charge in [-0.15, -0.1) is 0 Å². The standard InChI is InChI=1S/C14H19NO5/c1-3-5-20-6-4-12(17)15-10-7-9(2)13(14(18)19)11(16)8-10/h7-8,16H,3-6H2,1-2H3,(H,15,17)(H,18,19). The van der Waals surface area contributed by atoms with E-state index in [0.29, 0.717) is 24.5 Å². The van der Waals surface area contributed by atoms with Crippen LogP contribution in [0.3, 0.4) is 0 Å². The van der Waals surface area contributed by atoms with Gasteiger partial charge in [0.1, 0.15) is 11.3 Å². The maximum atomic E-state index is 11.6. The molecule has 0 saturated heterocycles. The number of aromatic hydroxyl groups is 1. The van der Waals surface area contributed by atoms with Gasteiger partial charge >= 0.3 is 5.97 Å². The van der Waals surface area contributed by atoms with Gasteiger partial charge in [0.25, 0.3) is 0 Å². The topological polar surface area (TPSA) is 95.9 Å². The van der Waals surface area contributed by atoms with E-state index >= 15 is 0 Å². The van der Waals surface area contributed by atoms with Crippen LogP contribution in [0.5, 0.6) is 5.75 Å². The Kier molecular flexibility index (Phi) is 5.99. The number of rotatable bonds is 7. The number of carbonyl (C=O) groups excluding carboxylic acids is 1. The molecule has 0 spiro atoms. The fraction of sp³-hybridized carbons (Fsp3) is 0.429. The minimum absolute atomic E-state index is 0.158. The molecule has 0 aliphatic carbocycles. The molecule has 0 radical (unpaired) electrons. The molecular formula is C14H19NO5. The SMILES string of the molecule is CCCOCCC(=O)Nc1cc(C)c(C(=O)O)c(O)c1. The van der Waals surface area contributed by atoms with Gasteiger partial charge in [-0.25, -0.2) is 4.79 Å². The first-order valence-corrected chi connectivity index (χ1v) is 6.40. The lowest BCUT2D eigenvalue weighted by Crippen LogP contribution is -2.14. The molecule has 110 valence electrons. The minimum atomic E-state index is -1.20. The Hall–Kier alpha value is -2.08. The Morgan fingerprint density at radius 3 is 2.55 bits per heavy atom. The first kappa shape index (κ1) is 16.0. The van der Waals surface area contributed by atoms with E-state index in [4.69, 9.17) is 9.84 Å². The van der Waals surface area contributed by atoms with Gasteiger partial charge in [-0.05, 0) is 25.0 Å². The zero-order valence-electron chi connectivity index (χ0n) is 11.6. The average molecular weight is 281 g/mol.